The topological polar surface area (TPSA) is 20.2 Å². The molecule has 0 unspecified atom stereocenters. The quantitative estimate of drug-likeness (QED) is 0.574. The highest BCUT2D eigenvalue weighted by Crippen LogP contribution is 2.10. The summed E-state index contributed by atoms with van der Waals surface area (Å²) < 4.78 is 0. The Kier molecular flexibility index (Phi) is 4.41. The molecule has 0 rings (SSSR count). The summed E-state index contributed by atoms with van der Waals surface area (Å²) in [6.07, 6.45) is 3.49. The molecular weight excluding hydrogens is 112 g/mol. The van der Waals surface area contributed by atoms with Crippen molar-refractivity contribution >= 4 is 0 Å². The zero-order chi connectivity index (χ0) is 7.28. The lowest BCUT2D eigenvalue weighted by molar-refractivity contribution is 0.156. The van der Waals surface area contributed by atoms with Crippen molar-refractivity contribution in [2.24, 2.45) is 5.92 Å². The van der Waals surface area contributed by atoms with Gasteiger partial charge in [0.2, 0.25) is 0 Å². The van der Waals surface area contributed by atoms with Crippen LogP contribution in [-0.2, 0) is 0 Å². The third kappa shape index (κ3) is 3.31. The molecule has 0 aliphatic carbocycles. The van der Waals surface area contributed by atoms with Crippen molar-refractivity contribution in [1.29, 1.82) is 0 Å². The number of hydrogen-bond acceptors (Lipinski definition) is 1. The fourth-order valence-electron chi connectivity index (χ4n) is 0.858. The monoisotopic (exact) mass is 128 g/mol. The van der Waals surface area contributed by atoms with Crippen LogP contribution >= 0.6 is 0 Å². The number of aliphatic hydroxyl groups excluding tert-OH is 1. The molecule has 0 bridgehead atoms. The highest BCUT2D eigenvalue weighted by Gasteiger charge is 2.07. The van der Waals surface area contributed by atoms with Crippen molar-refractivity contribution in [3.05, 3.63) is 12.7 Å². The predicted octanol–water partition coefficient (Wildman–Crippen LogP) is 1.97. The van der Waals surface area contributed by atoms with Gasteiger partial charge in [0.15, 0.2) is 0 Å². The van der Waals surface area contributed by atoms with Crippen LogP contribution in [0.1, 0.15) is 26.7 Å². The second-order valence-corrected chi connectivity index (χ2v) is 2.49. The van der Waals surface area contributed by atoms with Crippen LogP contribution in [-0.4, -0.2) is 11.2 Å². The standard InChI is InChI=1S/C8H16O/c1-4-6-7(3)8(9)5-2/h5,7-9H,2,4,6H2,1,3H3/t7-,8+/m1/s1. The van der Waals surface area contributed by atoms with Gasteiger partial charge in [0.05, 0.1) is 6.10 Å². The molecule has 0 aliphatic heterocycles. The zero-order valence-electron chi connectivity index (χ0n) is 6.30. The third-order valence-corrected chi connectivity index (χ3v) is 1.57. The molecule has 0 aliphatic rings. The highest BCUT2D eigenvalue weighted by molar-refractivity contribution is 4.81. The zero-order valence-corrected chi connectivity index (χ0v) is 6.30. The molecular formula is C8H16O. The lowest BCUT2D eigenvalue weighted by Crippen LogP contribution is -2.13. The van der Waals surface area contributed by atoms with E-state index in [1.54, 1.807) is 6.08 Å². The Labute approximate surface area is 57.4 Å². The highest BCUT2D eigenvalue weighted by atomic mass is 16.3. The van der Waals surface area contributed by atoms with E-state index in [0.717, 1.165) is 12.8 Å². The van der Waals surface area contributed by atoms with Gasteiger partial charge in [-0.2, -0.15) is 0 Å². The van der Waals surface area contributed by atoms with Gasteiger partial charge < -0.3 is 5.11 Å². The van der Waals surface area contributed by atoms with Gasteiger partial charge in [-0.05, 0) is 12.3 Å². The van der Waals surface area contributed by atoms with E-state index in [-0.39, 0.29) is 6.10 Å². The number of aliphatic hydroxyl groups is 1. The molecule has 0 saturated heterocycles. The minimum atomic E-state index is -0.315. The summed E-state index contributed by atoms with van der Waals surface area (Å²) >= 11 is 0. The first kappa shape index (κ1) is 8.70. The first-order valence-corrected chi connectivity index (χ1v) is 3.53. The maximum atomic E-state index is 9.14. The van der Waals surface area contributed by atoms with Gasteiger partial charge in [-0.15, -0.1) is 6.58 Å². The van der Waals surface area contributed by atoms with Crippen LogP contribution < -0.4 is 0 Å². The van der Waals surface area contributed by atoms with Gasteiger partial charge >= 0.3 is 0 Å². The van der Waals surface area contributed by atoms with Crippen molar-refractivity contribution in [1.82, 2.24) is 0 Å². The lowest BCUT2D eigenvalue weighted by Gasteiger charge is -2.12. The van der Waals surface area contributed by atoms with E-state index in [4.69, 9.17) is 5.11 Å². The van der Waals surface area contributed by atoms with Crippen molar-refractivity contribution in [3.63, 3.8) is 0 Å². The van der Waals surface area contributed by atoms with E-state index in [1.165, 1.54) is 0 Å². The Hall–Kier alpha value is -0.300. The number of hydrogen-bond donors (Lipinski definition) is 1. The molecule has 2 atom stereocenters. The van der Waals surface area contributed by atoms with Crippen LogP contribution in [0, 0.1) is 5.92 Å². The molecule has 0 heterocycles. The van der Waals surface area contributed by atoms with E-state index in [1.807, 2.05) is 6.92 Å². The number of rotatable bonds is 4. The minimum Gasteiger partial charge on any atom is -0.389 e. The SMILES string of the molecule is C=C[C@H](O)[C@H](C)CCC. The molecule has 1 heteroatoms. The molecule has 0 aromatic rings. The van der Waals surface area contributed by atoms with Gasteiger partial charge in [0.1, 0.15) is 0 Å². The normalized spacial score (nSPS) is 16.8. The summed E-state index contributed by atoms with van der Waals surface area (Å²) in [5, 5.41) is 9.14. The molecule has 0 aromatic heterocycles. The molecule has 54 valence electrons. The average molecular weight is 128 g/mol. The molecule has 0 aromatic carbocycles. The minimum absolute atomic E-state index is 0.315. The molecule has 0 saturated carbocycles. The molecule has 0 radical (unpaired) electrons. The predicted molar refractivity (Wildman–Crippen MR) is 40.3 cm³/mol. The van der Waals surface area contributed by atoms with Crippen LogP contribution in [0.4, 0.5) is 0 Å². The second-order valence-electron chi connectivity index (χ2n) is 2.49. The summed E-state index contributed by atoms with van der Waals surface area (Å²) in [7, 11) is 0. The average Bonchev–Trinajstić information content (AvgIpc) is 1.87. The first-order valence-electron chi connectivity index (χ1n) is 3.53. The van der Waals surface area contributed by atoms with Gasteiger partial charge in [0.25, 0.3) is 0 Å². The first-order chi connectivity index (χ1) is 4.22. The molecule has 1 N–H and O–H groups in total. The molecule has 9 heavy (non-hydrogen) atoms. The van der Waals surface area contributed by atoms with Crippen LogP contribution in [0.3, 0.4) is 0 Å². The summed E-state index contributed by atoms with van der Waals surface area (Å²) in [5.74, 6) is 0.368. The van der Waals surface area contributed by atoms with Crippen LogP contribution in [0.15, 0.2) is 12.7 Å². The molecule has 0 fully saturated rings. The van der Waals surface area contributed by atoms with E-state index in [9.17, 15) is 0 Å². The van der Waals surface area contributed by atoms with Crippen molar-refractivity contribution in [2.45, 2.75) is 32.8 Å². The van der Waals surface area contributed by atoms with E-state index < -0.39 is 0 Å². The maximum Gasteiger partial charge on any atom is 0.0743 e. The Bertz CT molecular complexity index is 78.6. The van der Waals surface area contributed by atoms with Gasteiger partial charge in [-0.25, -0.2) is 0 Å². The maximum absolute atomic E-state index is 9.14. The third-order valence-electron chi connectivity index (χ3n) is 1.57. The molecule has 1 nitrogen and oxygen atoms in total. The largest absolute Gasteiger partial charge is 0.389 e. The summed E-state index contributed by atoms with van der Waals surface area (Å²) in [4.78, 5) is 0. The Morgan fingerprint density at radius 1 is 1.67 bits per heavy atom. The van der Waals surface area contributed by atoms with Crippen LogP contribution in [0.2, 0.25) is 0 Å². The van der Waals surface area contributed by atoms with E-state index >= 15 is 0 Å². The lowest BCUT2D eigenvalue weighted by atomic mass is 10.00. The Morgan fingerprint density at radius 3 is 2.56 bits per heavy atom. The van der Waals surface area contributed by atoms with Crippen molar-refractivity contribution in [2.75, 3.05) is 0 Å². The van der Waals surface area contributed by atoms with Gasteiger partial charge in [-0.1, -0.05) is 26.3 Å². The molecule has 0 spiro atoms. The van der Waals surface area contributed by atoms with Crippen LogP contribution in [0.25, 0.3) is 0 Å². The van der Waals surface area contributed by atoms with Gasteiger partial charge in [0, 0.05) is 0 Å². The summed E-state index contributed by atoms with van der Waals surface area (Å²) in [6.45, 7) is 7.67. The molecule has 0 amide bonds. The van der Waals surface area contributed by atoms with E-state index in [0.29, 0.717) is 5.92 Å². The summed E-state index contributed by atoms with van der Waals surface area (Å²) in [5.41, 5.74) is 0. The van der Waals surface area contributed by atoms with Crippen LogP contribution in [0.5, 0.6) is 0 Å². The van der Waals surface area contributed by atoms with Crippen molar-refractivity contribution < 1.29 is 5.11 Å². The van der Waals surface area contributed by atoms with E-state index in [2.05, 4.69) is 13.5 Å². The smallest absolute Gasteiger partial charge is 0.0743 e. The Balaban J connectivity index is 3.44. The second kappa shape index (κ2) is 4.57. The summed E-state index contributed by atoms with van der Waals surface area (Å²) in [6, 6.07) is 0. The fourth-order valence-corrected chi connectivity index (χ4v) is 0.858. The van der Waals surface area contributed by atoms with Crippen molar-refractivity contribution in [3.8, 4) is 0 Å². The van der Waals surface area contributed by atoms with Gasteiger partial charge in [-0.3, -0.25) is 0 Å². The fraction of sp³-hybridized carbons (Fsp3) is 0.750. The Morgan fingerprint density at radius 2 is 2.22 bits per heavy atom.